The van der Waals surface area contributed by atoms with Crippen molar-refractivity contribution in [3.63, 3.8) is 0 Å². The summed E-state index contributed by atoms with van der Waals surface area (Å²) in [6.07, 6.45) is -2.15. The molecule has 2 rings (SSSR count). The number of alkyl halides is 3. The van der Waals surface area contributed by atoms with Gasteiger partial charge in [0.2, 0.25) is 0 Å². The van der Waals surface area contributed by atoms with Gasteiger partial charge in [-0.2, -0.15) is 13.2 Å². The Morgan fingerprint density at radius 3 is 2.68 bits per heavy atom. The van der Waals surface area contributed by atoms with Crippen LogP contribution in [0, 0.1) is 5.92 Å². The van der Waals surface area contributed by atoms with Gasteiger partial charge in [-0.05, 0) is 31.7 Å². The Bertz CT molecular complexity index is 491. The van der Waals surface area contributed by atoms with Crippen LogP contribution in [0.15, 0.2) is 23.0 Å². The summed E-state index contributed by atoms with van der Waals surface area (Å²) in [5.74, 6) is 0.634. The van der Waals surface area contributed by atoms with Gasteiger partial charge in [-0.1, -0.05) is 6.07 Å². The molecule has 0 bridgehead atoms. The van der Waals surface area contributed by atoms with Gasteiger partial charge in [0.05, 0.1) is 0 Å². The summed E-state index contributed by atoms with van der Waals surface area (Å²) in [6, 6.07) is 3.53. The predicted molar refractivity (Wildman–Crippen MR) is 65.9 cm³/mol. The van der Waals surface area contributed by atoms with E-state index in [1.54, 1.807) is 0 Å². The molecule has 1 atom stereocenters. The molecule has 1 saturated carbocycles. The molecule has 0 aromatic carbocycles. The molecule has 0 spiro atoms. The first-order valence-corrected chi connectivity index (χ1v) is 6.40. The van der Waals surface area contributed by atoms with Crippen LogP contribution in [-0.2, 0) is 12.7 Å². The van der Waals surface area contributed by atoms with Crippen molar-refractivity contribution < 1.29 is 13.2 Å². The monoisotopic (exact) mass is 274 g/mol. The third-order valence-electron chi connectivity index (χ3n) is 3.47. The molecule has 1 fully saturated rings. The molecule has 0 aliphatic heterocycles. The quantitative estimate of drug-likeness (QED) is 0.893. The molecule has 1 N–H and O–H groups in total. The van der Waals surface area contributed by atoms with Gasteiger partial charge in [-0.3, -0.25) is 4.79 Å². The molecule has 1 aromatic rings. The Morgan fingerprint density at radius 2 is 2.11 bits per heavy atom. The Kier molecular flexibility index (Phi) is 3.99. The van der Waals surface area contributed by atoms with Crippen LogP contribution in [0.1, 0.15) is 25.5 Å². The molecule has 106 valence electrons. The SMILES string of the molecule is CC(NCCn1c(C(F)(F)F)cccc1=O)C1CC1. The first kappa shape index (κ1) is 14.1. The minimum atomic E-state index is -4.50. The summed E-state index contributed by atoms with van der Waals surface area (Å²) in [5.41, 5.74) is -1.50. The number of nitrogens with zero attached hydrogens (tertiary/aromatic N) is 1. The highest BCUT2D eigenvalue weighted by atomic mass is 19.4. The van der Waals surface area contributed by atoms with E-state index in [0.29, 0.717) is 18.5 Å². The highest BCUT2D eigenvalue weighted by Crippen LogP contribution is 2.32. The van der Waals surface area contributed by atoms with E-state index in [4.69, 9.17) is 0 Å². The zero-order valence-electron chi connectivity index (χ0n) is 10.7. The van der Waals surface area contributed by atoms with Crippen LogP contribution < -0.4 is 10.9 Å². The van der Waals surface area contributed by atoms with Gasteiger partial charge >= 0.3 is 6.18 Å². The van der Waals surface area contributed by atoms with Crippen molar-refractivity contribution in [3.8, 4) is 0 Å². The van der Waals surface area contributed by atoms with Gasteiger partial charge in [-0.25, -0.2) is 0 Å². The zero-order chi connectivity index (χ0) is 14.0. The molecular weight excluding hydrogens is 257 g/mol. The van der Waals surface area contributed by atoms with Crippen molar-refractivity contribution in [3.05, 3.63) is 34.2 Å². The Balaban J connectivity index is 2.04. The minimum absolute atomic E-state index is 0.0333. The zero-order valence-corrected chi connectivity index (χ0v) is 10.7. The maximum atomic E-state index is 12.8. The normalized spacial score (nSPS) is 17.5. The van der Waals surface area contributed by atoms with Gasteiger partial charge in [0.25, 0.3) is 5.56 Å². The summed E-state index contributed by atoms with van der Waals surface area (Å²) < 4.78 is 39.1. The summed E-state index contributed by atoms with van der Waals surface area (Å²) in [7, 11) is 0. The number of pyridine rings is 1. The Morgan fingerprint density at radius 1 is 1.42 bits per heavy atom. The van der Waals surface area contributed by atoms with E-state index in [1.165, 1.54) is 12.8 Å². The second-order valence-corrected chi connectivity index (χ2v) is 4.98. The molecule has 1 aliphatic carbocycles. The van der Waals surface area contributed by atoms with E-state index in [0.717, 1.165) is 22.8 Å². The molecule has 1 unspecified atom stereocenters. The van der Waals surface area contributed by atoms with Crippen LogP contribution in [-0.4, -0.2) is 17.2 Å². The summed E-state index contributed by atoms with van der Waals surface area (Å²) in [4.78, 5) is 11.5. The molecule has 1 heterocycles. The molecule has 1 aromatic heterocycles. The topological polar surface area (TPSA) is 34.0 Å². The van der Waals surface area contributed by atoms with Crippen LogP contribution in [0.5, 0.6) is 0 Å². The number of aromatic nitrogens is 1. The van der Waals surface area contributed by atoms with E-state index in [1.807, 2.05) is 6.92 Å². The van der Waals surface area contributed by atoms with Gasteiger partial charge in [0.1, 0.15) is 5.69 Å². The van der Waals surface area contributed by atoms with Crippen molar-refractivity contribution >= 4 is 0 Å². The van der Waals surface area contributed by atoms with Gasteiger partial charge in [0, 0.05) is 25.2 Å². The number of halogens is 3. The standard InChI is InChI=1S/C13H17F3N2O/c1-9(10-5-6-10)17-7-8-18-11(13(14,15)16)3-2-4-12(18)19/h2-4,9-10,17H,5-8H2,1H3. The molecular formula is C13H17F3N2O. The number of nitrogens with one attached hydrogen (secondary N) is 1. The molecule has 6 heteroatoms. The Hall–Kier alpha value is -1.30. The lowest BCUT2D eigenvalue weighted by Crippen LogP contribution is -2.35. The summed E-state index contributed by atoms with van der Waals surface area (Å²) >= 11 is 0. The van der Waals surface area contributed by atoms with Crippen molar-refractivity contribution in [1.82, 2.24) is 9.88 Å². The molecule has 19 heavy (non-hydrogen) atoms. The average molecular weight is 274 g/mol. The van der Waals surface area contributed by atoms with Crippen LogP contribution in [0.25, 0.3) is 0 Å². The predicted octanol–water partition coefficient (Wildman–Crippen LogP) is 2.26. The molecule has 0 saturated heterocycles. The van der Waals surface area contributed by atoms with Crippen molar-refractivity contribution in [2.75, 3.05) is 6.54 Å². The maximum Gasteiger partial charge on any atom is 0.431 e. The van der Waals surface area contributed by atoms with E-state index in [-0.39, 0.29) is 6.54 Å². The first-order chi connectivity index (χ1) is 8.89. The lowest BCUT2D eigenvalue weighted by Gasteiger charge is -2.17. The van der Waals surface area contributed by atoms with Gasteiger partial charge in [-0.15, -0.1) is 0 Å². The molecule has 0 amide bonds. The minimum Gasteiger partial charge on any atom is -0.312 e. The van der Waals surface area contributed by atoms with Crippen LogP contribution in [0.3, 0.4) is 0 Å². The Labute approximate surface area is 109 Å². The molecule has 0 radical (unpaired) electrons. The summed E-state index contributed by atoms with van der Waals surface area (Å²) in [5, 5.41) is 3.17. The highest BCUT2D eigenvalue weighted by molar-refractivity contribution is 5.10. The summed E-state index contributed by atoms with van der Waals surface area (Å²) in [6.45, 7) is 2.42. The fourth-order valence-electron chi connectivity index (χ4n) is 2.17. The second kappa shape index (κ2) is 5.36. The van der Waals surface area contributed by atoms with Crippen molar-refractivity contribution in [1.29, 1.82) is 0 Å². The first-order valence-electron chi connectivity index (χ1n) is 6.40. The van der Waals surface area contributed by atoms with Crippen LogP contribution >= 0.6 is 0 Å². The molecule has 1 aliphatic rings. The van der Waals surface area contributed by atoms with Gasteiger partial charge < -0.3 is 9.88 Å². The van der Waals surface area contributed by atoms with E-state index >= 15 is 0 Å². The third kappa shape index (κ3) is 3.59. The van der Waals surface area contributed by atoms with Crippen LogP contribution in [0.2, 0.25) is 0 Å². The largest absolute Gasteiger partial charge is 0.431 e. The lowest BCUT2D eigenvalue weighted by atomic mass is 10.2. The van der Waals surface area contributed by atoms with Gasteiger partial charge in [0.15, 0.2) is 0 Å². The van der Waals surface area contributed by atoms with Crippen LogP contribution in [0.4, 0.5) is 13.2 Å². The van der Waals surface area contributed by atoms with Crippen molar-refractivity contribution in [2.45, 2.75) is 38.5 Å². The number of hydrogen-bond donors (Lipinski definition) is 1. The van der Waals surface area contributed by atoms with E-state index < -0.39 is 17.4 Å². The highest BCUT2D eigenvalue weighted by Gasteiger charge is 2.34. The van der Waals surface area contributed by atoms with Crippen molar-refractivity contribution in [2.24, 2.45) is 5.92 Å². The smallest absolute Gasteiger partial charge is 0.312 e. The van der Waals surface area contributed by atoms with E-state index in [2.05, 4.69) is 5.32 Å². The van der Waals surface area contributed by atoms with E-state index in [9.17, 15) is 18.0 Å². The fraction of sp³-hybridized carbons (Fsp3) is 0.615. The maximum absolute atomic E-state index is 12.8. The third-order valence-corrected chi connectivity index (χ3v) is 3.47. The lowest BCUT2D eigenvalue weighted by molar-refractivity contribution is -0.144. The number of rotatable bonds is 5. The second-order valence-electron chi connectivity index (χ2n) is 4.98. The number of hydrogen-bond acceptors (Lipinski definition) is 2. The fourth-order valence-corrected chi connectivity index (χ4v) is 2.17. The molecule has 3 nitrogen and oxygen atoms in total. The average Bonchev–Trinajstić information content (AvgIpc) is 3.13.